The lowest BCUT2D eigenvalue weighted by atomic mass is 9.94. The molecular formula is C12H14ClNS. The van der Waals surface area contributed by atoms with E-state index in [0.29, 0.717) is 5.92 Å². The summed E-state index contributed by atoms with van der Waals surface area (Å²) in [7, 11) is 0. The average molecular weight is 240 g/mol. The summed E-state index contributed by atoms with van der Waals surface area (Å²) in [5.74, 6) is 1.35. The van der Waals surface area contributed by atoms with E-state index >= 15 is 0 Å². The predicted molar refractivity (Wildman–Crippen MR) is 67.2 cm³/mol. The minimum absolute atomic E-state index is 0.472. The molecule has 1 aromatic rings. The van der Waals surface area contributed by atoms with E-state index in [1.54, 1.807) is 0 Å². The highest BCUT2D eigenvalue weighted by Gasteiger charge is 2.11. The Hall–Kier alpha value is -0.650. The normalized spacial score (nSPS) is 12.1. The summed E-state index contributed by atoms with van der Waals surface area (Å²) in [6, 6.07) is 7.97. The zero-order valence-corrected chi connectivity index (χ0v) is 10.3. The van der Waals surface area contributed by atoms with Crippen molar-refractivity contribution < 1.29 is 0 Å². The lowest BCUT2D eigenvalue weighted by Gasteiger charge is -2.15. The summed E-state index contributed by atoms with van der Waals surface area (Å²) in [4.78, 5) is 0. The standard InChI is InChI=1S/C12H14ClNS/c1-2-10(7-8-15-9-14)11-5-3-4-6-12(11)13/h3-6,10H,2,7-8H2,1H3. The molecule has 1 unspecified atom stereocenters. The molecule has 0 saturated carbocycles. The number of nitriles is 1. The van der Waals surface area contributed by atoms with E-state index in [1.165, 1.54) is 17.3 Å². The minimum Gasteiger partial charge on any atom is -0.185 e. The van der Waals surface area contributed by atoms with Gasteiger partial charge < -0.3 is 0 Å². The van der Waals surface area contributed by atoms with Gasteiger partial charge in [0.1, 0.15) is 5.40 Å². The highest BCUT2D eigenvalue weighted by Crippen LogP contribution is 2.30. The molecule has 0 aliphatic rings. The number of hydrogen-bond donors (Lipinski definition) is 0. The predicted octanol–water partition coefficient (Wildman–Crippen LogP) is 4.44. The molecule has 0 N–H and O–H groups in total. The lowest BCUT2D eigenvalue weighted by molar-refractivity contribution is 0.648. The van der Waals surface area contributed by atoms with Crippen LogP contribution in [0.4, 0.5) is 0 Å². The van der Waals surface area contributed by atoms with Crippen LogP contribution in [-0.2, 0) is 0 Å². The van der Waals surface area contributed by atoms with Crippen molar-refractivity contribution in [2.45, 2.75) is 25.7 Å². The summed E-state index contributed by atoms with van der Waals surface area (Å²) in [5.41, 5.74) is 1.21. The third-order valence-electron chi connectivity index (χ3n) is 2.47. The van der Waals surface area contributed by atoms with E-state index < -0.39 is 0 Å². The zero-order chi connectivity index (χ0) is 11.1. The van der Waals surface area contributed by atoms with E-state index in [1.807, 2.05) is 18.2 Å². The molecule has 0 amide bonds. The molecule has 0 heterocycles. The van der Waals surface area contributed by atoms with Gasteiger partial charge in [-0.05, 0) is 42.2 Å². The fourth-order valence-electron chi connectivity index (χ4n) is 1.63. The Morgan fingerprint density at radius 2 is 2.20 bits per heavy atom. The van der Waals surface area contributed by atoms with Crippen molar-refractivity contribution in [3.05, 3.63) is 34.9 Å². The van der Waals surface area contributed by atoms with Crippen LogP contribution < -0.4 is 0 Å². The number of hydrogen-bond acceptors (Lipinski definition) is 2. The first-order valence-corrected chi connectivity index (χ1v) is 6.41. The van der Waals surface area contributed by atoms with E-state index in [4.69, 9.17) is 16.9 Å². The molecule has 0 fully saturated rings. The molecule has 80 valence electrons. The number of rotatable bonds is 5. The molecule has 3 heteroatoms. The maximum Gasteiger partial charge on any atom is 0.133 e. The van der Waals surface area contributed by atoms with Gasteiger partial charge in [-0.25, -0.2) is 0 Å². The highest BCUT2D eigenvalue weighted by molar-refractivity contribution is 8.03. The van der Waals surface area contributed by atoms with Crippen LogP contribution in [0, 0.1) is 10.7 Å². The number of thiocyanates is 1. The molecule has 0 aliphatic carbocycles. The zero-order valence-electron chi connectivity index (χ0n) is 8.74. The van der Waals surface area contributed by atoms with Crippen molar-refractivity contribution in [2.75, 3.05) is 5.75 Å². The number of benzene rings is 1. The van der Waals surface area contributed by atoms with Gasteiger partial charge in [0.15, 0.2) is 0 Å². The molecule has 0 aliphatic heterocycles. The molecule has 0 spiro atoms. The summed E-state index contributed by atoms with van der Waals surface area (Å²) in [5, 5.41) is 11.4. The molecule has 1 atom stereocenters. The van der Waals surface area contributed by atoms with Crippen LogP contribution >= 0.6 is 23.4 Å². The first-order chi connectivity index (χ1) is 7.29. The van der Waals surface area contributed by atoms with Crippen LogP contribution in [0.1, 0.15) is 31.2 Å². The summed E-state index contributed by atoms with van der Waals surface area (Å²) < 4.78 is 0. The molecule has 0 radical (unpaired) electrons. The van der Waals surface area contributed by atoms with Gasteiger partial charge in [-0.2, -0.15) is 5.26 Å². The fraction of sp³-hybridized carbons (Fsp3) is 0.417. The second-order valence-corrected chi connectivity index (χ2v) is 4.64. The largest absolute Gasteiger partial charge is 0.185 e. The Bertz CT molecular complexity index is 346. The molecule has 0 saturated heterocycles. The third-order valence-corrected chi connectivity index (χ3v) is 3.38. The highest BCUT2D eigenvalue weighted by atomic mass is 35.5. The number of halogens is 1. The van der Waals surface area contributed by atoms with E-state index in [2.05, 4.69) is 18.4 Å². The minimum atomic E-state index is 0.472. The lowest BCUT2D eigenvalue weighted by Crippen LogP contribution is -1.99. The smallest absolute Gasteiger partial charge is 0.133 e. The summed E-state index contributed by atoms with van der Waals surface area (Å²) in [6.45, 7) is 2.16. The van der Waals surface area contributed by atoms with E-state index in [0.717, 1.165) is 23.6 Å². The van der Waals surface area contributed by atoms with Crippen LogP contribution in [0.2, 0.25) is 5.02 Å². The maximum absolute atomic E-state index is 8.46. The average Bonchev–Trinajstić information content (AvgIpc) is 2.26. The van der Waals surface area contributed by atoms with Crippen LogP contribution in [0.3, 0.4) is 0 Å². The second-order valence-electron chi connectivity index (χ2n) is 3.36. The van der Waals surface area contributed by atoms with Crippen LogP contribution in [0.25, 0.3) is 0 Å². The first kappa shape index (κ1) is 12.4. The van der Waals surface area contributed by atoms with Gasteiger partial charge in [0.2, 0.25) is 0 Å². The summed E-state index contributed by atoms with van der Waals surface area (Å²) >= 11 is 7.45. The van der Waals surface area contributed by atoms with Crippen molar-refractivity contribution in [3.8, 4) is 5.40 Å². The molecule has 0 bridgehead atoms. The van der Waals surface area contributed by atoms with Crippen molar-refractivity contribution in [3.63, 3.8) is 0 Å². The summed E-state index contributed by atoms with van der Waals surface area (Å²) in [6.07, 6.45) is 2.08. The monoisotopic (exact) mass is 239 g/mol. The van der Waals surface area contributed by atoms with Gasteiger partial charge in [-0.15, -0.1) is 0 Å². The Labute approximate surface area is 100 Å². The van der Waals surface area contributed by atoms with Crippen molar-refractivity contribution in [1.82, 2.24) is 0 Å². The molecule has 1 nitrogen and oxygen atoms in total. The van der Waals surface area contributed by atoms with Crippen molar-refractivity contribution >= 4 is 23.4 Å². The Balaban J connectivity index is 2.66. The molecule has 15 heavy (non-hydrogen) atoms. The van der Waals surface area contributed by atoms with Crippen molar-refractivity contribution in [1.29, 1.82) is 5.26 Å². The van der Waals surface area contributed by atoms with Gasteiger partial charge in [-0.1, -0.05) is 36.7 Å². The Kier molecular flexibility index (Phi) is 5.60. The molecule has 1 aromatic carbocycles. The fourth-order valence-corrected chi connectivity index (χ4v) is 2.42. The van der Waals surface area contributed by atoms with Gasteiger partial charge in [0, 0.05) is 10.8 Å². The SMILES string of the molecule is CCC(CCSC#N)c1ccccc1Cl. The van der Waals surface area contributed by atoms with Crippen LogP contribution in [0.15, 0.2) is 24.3 Å². The first-order valence-electron chi connectivity index (χ1n) is 5.05. The Morgan fingerprint density at radius 3 is 2.80 bits per heavy atom. The van der Waals surface area contributed by atoms with Gasteiger partial charge in [0.25, 0.3) is 0 Å². The third kappa shape index (κ3) is 3.77. The van der Waals surface area contributed by atoms with Crippen LogP contribution in [-0.4, -0.2) is 5.75 Å². The number of thioether (sulfide) groups is 1. The maximum atomic E-state index is 8.46. The second kappa shape index (κ2) is 6.76. The number of nitrogens with zero attached hydrogens (tertiary/aromatic N) is 1. The Morgan fingerprint density at radius 1 is 1.47 bits per heavy atom. The molecular weight excluding hydrogens is 226 g/mol. The molecule has 1 rings (SSSR count). The van der Waals surface area contributed by atoms with E-state index in [-0.39, 0.29) is 0 Å². The van der Waals surface area contributed by atoms with Gasteiger partial charge >= 0.3 is 0 Å². The van der Waals surface area contributed by atoms with Gasteiger partial charge in [0.05, 0.1) is 0 Å². The quantitative estimate of drug-likeness (QED) is 0.560. The van der Waals surface area contributed by atoms with Crippen molar-refractivity contribution in [2.24, 2.45) is 0 Å². The molecule has 0 aromatic heterocycles. The van der Waals surface area contributed by atoms with Gasteiger partial charge in [-0.3, -0.25) is 0 Å². The van der Waals surface area contributed by atoms with E-state index in [9.17, 15) is 0 Å². The van der Waals surface area contributed by atoms with Crippen LogP contribution in [0.5, 0.6) is 0 Å². The topological polar surface area (TPSA) is 23.8 Å².